The van der Waals surface area contributed by atoms with Crippen molar-refractivity contribution in [1.29, 1.82) is 0 Å². The van der Waals surface area contributed by atoms with Crippen molar-refractivity contribution in [2.24, 2.45) is 0 Å². The van der Waals surface area contributed by atoms with Crippen LogP contribution in [-0.2, 0) is 0 Å². The van der Waals surface area contributed by atoms with Gasteiger partial charge < -0.3 is 9.73 Å². The van der Waals surface area contributed by atoms with Gasteiger partial charge in [0, 0.05) is 23.0 Å². The largest absolute Gasteiger partial charge is 0.441 e. The van der Waals surface area contributed by atoms with Gasteiger partial charge in [-0.2, -0.15) is 0 Å². The van der Waals surface area contributed by atoms with Crippen LogP contribution in [0.3, 0.4) is 0 Å². The van der Waals surface area contributed by atoms with E-state index < -0.39 is 0 Å². The maximum atomic E-state index is 6.01. The first-order valence-corrected chi connectivity index (χ1v) is 4.94. The Morgan fingerprint density at radius 3 is 2.85 bits per heavy atom. The van der Waals surface area contributed by atoms with Crippen molar-refractivity contribution >= 4 is 44.4 Å². The molecule has 1 aromatic heterocycles. The normalized spacial score (nSPS) is 10.7. The van der Waals surface area contributed by atoms with E-state index >= 15 is 0 Å². The molecule has 1 aromatic carbocycles. The first kappa shape index (κ1) is 8.91. The van der Waals surface area contributed by atoms with E-state index in [1.165, 1.54) is 0 Å². The number of fused-ring (bicyclic) bond motifs is 1. The predicted octanol–water partition coefficient (Wildman–Crippen LogP) is 3.89. The quantitative estimate of drug-likeness (QED) is 0.841. The number of rotatable bonds is 1. The Balaban J connectivity index is 2.75. The molecule has 0 bridgehead atoms. The van der Waals surface area contributed by atoms with Gasteiger partial charge in [0.15, 0.2) is 5.88 Å². The number of anilines is 1. The second-order valence-corrected chi connectivity index (χ2v) is 3.98. The minimum atomic E-state index is 0.689. The molecule has 1 heterocycles. The van der Waals surface area contributed by atoms with E-state index in [1.54, 1.807) is 7.05 Å². The summed E-state index contributed by atoms with van der Waals surface area (Å²) in [6, 6.07) is 5.62. The van der Waals surface area contributed by atoms with Gasteiger partial charge in [-0.3, -0.25) is 0 Å². The molecule has 0 atom stereocenters. The summed E-state index contributed by atoms with van der Waals surface area (Å²) in [6.07, 6.45) is 0. The molecule has 0 aliphatic carbocycles. The first-order chi connectivity index (χ1) is 6.20. The van der Waals surface area contributed by atoms with Crippen LogP contribution in [0.4, 0.5) is 5.88 Å². The molecule has 0 saturated heterocycles. The monoisotopic (exact) mass is 259 g/mol. The Morgan fingerprint density at radius 2 is 2.15 bits per heavy atom. The molecule has 0 spiro atoms. The number of furan rings is 1. The van der Waals surface area contributed by atoms with E-state index in [1.807, 2.05) is 18.2 Å². The molecule has 0 radical (unpaired) electrons. The summed E-state index contributed by atoms with van der Waals surface area (Å²) < 4.78 is 6.37. The van der Waals surface area contributed by atoms with E-state index in [4.69, 9.17) is 16.0 Å². The van der Waals surface area contributed by atoms with Crippen molar-refractivity contribution in [3.05, 3.63) is 27.7 Å². The van der Waals surface area contributed by atoms with Crippen LogP contribution in [0.1, 0.15) is 0 Å². The van der Waals surface area contributed by atoms with Gasteiger partial charge in [0.1, 0.15) is 5.58 Å². The van der Waals surface area contributed by atoms with E-state index in [-0.39, 0.29) is 0 Å². The van der Waals surface area contributed by atoms with Crippen molar-refractivity contribution in [1.82, 2.24) is 0 Å². The summed E-state index contributed by atoms with van der Waals surface area (Å²) in [7, 11) is 1.81. The van der Waals surface area contributed by atoms with Gasteiger partial charge in [-0.15, -0.1) is 0 Å². The maximum absolute atomic E-state index is 6.01. The summed E-state index contributed by atoms with van der Waals surface area (Å²) in [5.41, 5.74) is 0.781. The van der Waals surface area contributed by atoms with Crippen LogP contribution in [0.15, 0.2) is 27.1 Å². The van der Waals surface area contributed by atoms with Gasteiger partial charge in [-0.05, 0) is 12.1 Å². The topological polar surface area (TPSA) is 25.2 Å². The van der Waals surface area contributed by atoms with Crippen LogP contribution in [0.5, 0.6) is 0 Å². The predicted molar refractivity (Wildman–Crippen MR) is 58.5 cm³/mol. The van der Waals surface area contributed by atoms with E-state index in [9.17, 15) is 0 Å². The second-order valence-electron chi connectivity index (χ2n) is 2.66. The Kier molecular flexibility index (Phi) is 2.22. The number of benzene rings is 1. The zero-order valence-corrected chi connectivity index (χ0v) is 9.24. The number of nitrogens with one attached hydrogen (secondary N) is 1. The van der Waals surface area contributed by atoms with Crippen LogP contribution in [0, 0.1) is 0 Å². The van der Waals surface area contributed by atoms with Gasteiger partial charge in [-0.1, -0.05) is 27.5 Å². The second kappa shape index (κ2) is 3.24. The molecular weight excluding hydrogens is 253 g/mol. The third-order valence-corrected chi connectivity index (χ3v) is 2.57. The third-order valence-electron chi connectivity index (χ3n) is 1.80. The molecule has 0 aliphatic heterocycles. The molecule has 0 saturated carbocycles. The molecule has 0 aliphatic rings. The molecule has 4 heteroatoms. The van der Waals surface area contributed by atoms with Crippen LogP contribution in [0.2, 0.25) is 5.02 Å². The van der Waals surface area contributed by atoms with Gasteiger partial charge in [-0.25, -0.2) is 0 Å². The maximum Gasteiger partial charge on any atom is 0.193 e. The minimum absolute atomic E-state index is 0.689. The third kappa shape index (κ3) is 1.54. The first-order valence-electron chi connectivity index (χ1n) is 3.77. The summed E-state index contributed by atoms with van der Waals surface area (Å²) in [6.45, 7) is 0. The lowest BCUT2D eigenvalue weighted by atomic mass is 10.2. The highest BCUT2D eigenvalue weighted by molar-refractivity contribution is 9.10. The molecular formula is C9H7BrClNO. The summed E-state index contributed by atoms with van der Waals surface area (Å²) in [4.78, 5) is 0. The Labute approximate surface area is 89.0 Å². The smallest absolute Gasteiger partial charge is 0.193 e. The van der Waals surface area contributed by atoms with Gasteiger partial charge >= 0.3 is 0 Å². The minimum Gasteiger partial charge on any atom is -0.441 e. The zero-order chi connectivity index (χ0) is 9.42. The Morgan fingerprint density at radius 1 is 1.38 bits per heavy atom. The standard InChI is InChI=1S/C9H7BrClNO/c1-12-9-4-6-7(11)2-5(10)3-8(6)13-9/h2-4,12H,1H3. The molecule has 2 aromatic rings. The molecule has 0 amide bonds. The lowest BCUT2D eigenvalue weighted by Crippen LogP contribution is -1.81. The highest BCUT2D eigenvalue weighted by Gasteiger charge is 2.06. The van der Waals surface area contributed by atoms with E-state index in [0.29, 0.717) is 5.02 Å². The van der Waals surface area contributed by atoms with Crippen molar-refractivity contribution in [2.45, 2.75) is 0 Å². The number of hydrogen-bond donors (Lipinski definition) is 1. The number of hydrogen-bond acceptors (Lipinski definition) is 2. The zero-order valence-electron chi connectivity index (χ0n) is 6.90. The van der Waals surface area contributed by atoms with Gasteiger partial charge in [0.25, 0.3) is 0 Å². The van der Waals surface area contributed by atoms with E-state index in [2.05, 4.69) is 21.2 Å². The number of halogens is 2. The molecule has 13 heavy (non-hydrogen) atoms. The van der Waals surface area contributed by atoms with Crippen LogP contribution in [-0.4, -0.2) is 7.05 Å². The van der Waals surface area contributed by atoms with Crippen molar-refractivity contribution in [2.75, 3.05) is 12.4 Å². The van der Waals surface area contributed by atoms with Crippen molar-refractivity contribution < 1.29 is 4.42 Å². The lowest BCUT2D eigenvalue weighted by molar-refractivity contribution is 0.631. The van der Waals surface area contributed by atoms with Crippen molar-refractivity contribution in [3.63, 3.8) is 0 Å². The fourth-order valence-electron chi connectivity index (χ4n) is 1.19. The highest BCUT2D eigenvalue weighted by Crippen LogP contribution is 2.32. The fraction of sp³-hybridized carbons (Fsp3) is 0.111. The molecule has 0 unspecified atom stereocenters. The van der Waals surface area contributed by atoms with E-state index in [0.717, 1.165) is 21.3 Å². The molecule has 2 rings (SSSR count). The molecule has 68 valence electrons. The fourth-order valence-corrected chi connectivity index (χ4v) is 2.02. The average molecular weight is 261 g/mol. The lowest BCUT2D eigenvalue weighted by Gasteiger charge is -1.93. The van der Waals surface area contributed by atoms with Gasteiger partial charge in [0.2, 0.25) is 0 Å². The summed E-state index contributed by atoms with van der Waals surface area (Å²) >= 11 is 9.36. The van der Waals surface area contributed by atoms with Crippen LogP contribution >= 0.6 is 27.5 Å². The summed E-state index contributed by atoms with van der Waals surface area (Å²) in [5, 5.41) is 4.54. The van der Waals surface area contributed by atoms with Crippen LogP contribution in [0.25, 0.3) is 11.0 Å². The Bertz CT molecular complexity index is 452. The van der Waals surface area contributed by atoms with Crippen molar-refractivity contribution in [3.8, 4) is 0 Å². The Hall–Kier alpha value is -0.670. The SMILES string of the molecule is CNc1cc2c(Cl)cc(Br)cc2o1. The summed E-state index contributed by atoms with van der Waals surface area (Å²) in [5.74, 6) is 0.718. The average Bonchev–Trinajstić information content (AvgIpc) is 2.47. The molecule has 2 nitrogen and oxygen atoms in total. The molecule has 1 N–H and O–H groups in total. The molecule has 0 fully saturated rings. The highest BCUT2D eigenvalue weighted by atomic mass is 79.9. The van der Waals surface area contributed by atoms with Gasteiger partial charge in [0.05, 0.1) is 5.02 Å². The van der Waals surface area contributed by atoms with Crippen LogP contribution < -0.4 is 5.32 Å².